The van der Waals surface area contributed by atoms with Gasteiger partial charge in [0.25, 0.3) is 0 Å². The molecule has 0 saturated heterocycles. The highest BCUT2D eigenvalue weighted by molar-refractivity contribution is 7.03. The van der Waals surface area contributed by atoms with Crippen LogP contribution in [0.5, 0.6) is 0 Å². The number of hydrogen-bond acceptors (Lipinski definition) is 7. The maximum Gasteiger partial charge on any atom is 0.396 e. The first-order valence-electron chi connectivity index (χ1n) is 15.4. The summed E-state index contributed by atoms with van der Waals surface area (Å²) in [6, 6.07) is 32.1. The third kappa shape index (κ3) is 8.25. The third-order valence-corrected chi connectivity index (χ3v) is 15.0. The van der Waals surface area contributed by atoms with E-state index in [1.165, 1.54) is 0 Å². The fourth-order valence-electron chi connectivity index (χ4n) is 6.04. The van der Waals surface area contributed by atoms with Crippen molar-refractivity contribution in [3.63, 3.8) is 0 Å². The Morgan fingerprint density at radius 1 is 0.400 bits per heavy atom. The molecular formula is C36H50N4O3Si2. The lowest BCUT2D eigenvalue weighted by molar-refractivity contribution is 0.341. The van der Waals surface area contributed by atoms with Crippen molar-refractivity contribution < 1.29 is 13.7 Å². The molecular weight excluding hydrogens is 593 g/mol. The molecule has 0 unspecified atom stereocenters. The summed E-state index contributed by atoms with van der Waals surface area (Å²) in [5.74, 6) is 0. The van der Waals surface area contributed by atoms with Gasteiger partial charge in [0.1, 0.15) is 0 Å². The van der Waals surface area contributed by atoms with Crippen molar-refractivity contribution in [3.05, 3.63) is 119 Å². The summed E-state index contributed by atoms with van der Waals surface area (Å²) in [6.45, 7) is 2.50. The molecule has 0 aliphatic heterocycles. The minimum atomic E-state index is -4.12. The Bertz CT molecular complexity index is 1340. The highest BCUT2D eigenvalue weighted by atomic mass is 28.5. The quantitative estimate of drug-likeness (QED) is 0.203. The van der Waals surface area contributed by atoms with E-state index in [0.717, 1.165) is 43.0 Å². The zero-order valence-electron chi connectivity index (χ0n) is 28.2. The van der Waals surface area contributed by atoms with Crippen LogP contribution in [-0.4, -0.2) is 103 Å². The molecule has 0 aromatic heterocycles. The van der Waals surface area contributed by atoms with E-state index in [4.69, 9.17) is 4.12 Å². The molecule has 4 aromatic rings. The van der Waals surface area contributed by atoms with Crippen LogP contribution in [0.3, 0.4) is 0 Å². The van der Waals surface area contributed by atoms with Crippen LogP contribution in [0.15, 0.2) is 97.1 Å². The van der Waals surface area contributed by atoms with Gasteiger partial charge in [0.2, 0.25) is 0 Å². The van der Waals surface area contributed by atoms with Gasteiger partial charge in [-0.3, -0.25) is 0 Å². The van der Waals surface area contributed by atoms with Crippen molar-refractivity contribution in [1.29, 1.82) is 0 Å². The minimum absolute atomic E-state index is 0.624. The molecule has 4 aromatic carbocycles. The number of hydrogen-bond donors (Lipinski definition) is 2. The molecule has 0 bridgehead atoms. The van der Waals surface area contributed by atoms with Crippen molar-refractivity contribution >= 4 is 37.9 Å². The van der Waals surface area contributed by atoms with Crippen LogP contribution in [0.1, 0.15) is 22.3 Å². The average molecular weight is 643 g/mol. The largest absolute Gasteiger partial charge is 0.404 e. The Labute approximate surface area is 272 Å². The van der Waals surface area contributed by atoms with Crippen LogP contribution in [0.2, 0.25) is 0 Å². The SMILES string of the molecule is CN(C)Cc1ccccc1[Si](O)(O[Si](O)(c1ccccc1CN(C)C)c1ccccc1CN(C)C)c1ccccc1CN(C)C. The Balaban J connectivity index is 2.10. The summed E-state index contributed by atoms with van der Waals surface area (Å²) in [4.78, 5) is 35.4. The standard InChI is InChI=1S/C36H50N4O3Si2/c1-37(2)25-29-17-9-13-21-33(29)44(41,34-22-14-10-18-30(34)26-38(3)4)43-45(42,35-23-15-11-19-31(35)27-39(5)6)36-24-16-12-20-32(36)28-40(7)8/h9-24,41-42H,25-28H2,1-8H3. The molecule has 4 rings (SSSR count). The monoisotopic (exact) mass is 642 g/mol. The summed E-state index contributed by atoms with van der Waals surface area (Å²) in [6.07, 6.45) is 0. The summed E-state index contributed by atoms with van der Waals surface area (Å²) < 4.78 is 7.37. The maximum atomic E-state index is 13.5. The van der Waals surface area contributed by atoms with E-state index in [1.807, 2.05) is 129 Å². The Kier molecular flexibility index (Phi) is 11.7. The van der Waals surface area contributed by atoms with Gasteiger partial charge in [-0.15, -0.1) is 0 Å². The van der Waals surface area contributed by atoms with Gasteiger partial charge in [0.15, 0.2) is 0 Å². The van der Waals surface area contributed by atoms with Gasteiger partial charge in [-0.2, -0.15) is 0 Å². The topological polar surface area (TPSA) is 62.7 Å². The summed E-state index contributed by atoms with van der Waals surface area (Å²) >= 11 is 0. The van der Waals surface area contributed by atoms with E-state index >= 15 is 0 Å². The summed E-state index contributed by atoms with van der Waals surface area (Å²) in [5, 5.41) is 3.02. The zero-order valence-corrected chi connectivity index (χ0v) is 30.2. The van der Waals surface area contributed by atoms with E-state index in [9.17, 15) is 9.59 Å². The normalized spacial score (nSPS) is 12.6. The second-order valence-corrected chi connectivity index (χ2v) is 18.5. The molecule has 0 aliphatic carbocycles. The maximum absolute atomic E-state index is 13.5. The summed E-state index contributed by atoms with van der Waals surface area (Å²) in [7, 11) is 7.97. The van der Waals surface area contributed by atoms with E-state index < -0.39 is 17.1 Å². The van der Waals surface area contributed by atoms with Crippen LogP contribution in [0.25, 0.3) is 0 Å². The Morgan fingerprint density at radius 3 is 0.800 bits per heavy atom. The smallest absolute Gasteiger partial charge is 0.396 e. The molecule has 0 heterocycles. The van der Waals surface area contributed by atoms with Gasteiger partial charge in [-0.05, 0) is 78.6 Å². The molecule has 0 saturated carbocycles. The Morgan fingerprint density at radius 2 is 0.600 bits per heavy atom. The van der Waals surface area contributed by atoms with Crippen LogP contribution >= 0.6 is 0 Å². The number of nitrogens with zero attached hydrogens (tertiary/aromatic N) is 4. The Hall–Kier alpha value is -2.97. The second kappa shape index (κ2) is 15.1. The van der Waals surface area contributed by atoms with Crippen LogP contribution in [0, 0.1) is 0 Å². The van der Waals surface area contributed by atoms with Gasteiger partial charge in [-0.25, -0.2) is 0 Å². The van der Waals surface area contributed by atoms with Crippen LogP contribution in [-0.2, 0) is 30.3 Å². The van der Waals surface area contributed by atoms with E-state index in [1.54, 1.807) is 0 Å². The highest BCUT2D eigenvalue weighted by Crippen LogP contribution is 2.21. The van der Waals surface area contributed by atoms with Gasteiger partial charge >= 0.3 is 17.1 Å². The van der Waals surface area contributed by atoms with Crippen molar-refractivity contribution in [2.24, 2.45) is 0 Å². The molecule has 0 aliphatic rings. The van der Waals surface area contributed by atoms with Gasteiger partial charge in [-0.1, -0.05) is 97.1 Å². The van der Waals surface area contributed by atoms with Gasteiger partial charge < -0.3 is 33.3 Å². The predicted molar refractivity (Wildman–Crippen MR) is 191 cm³/mol. The van der Waals surface area contributed by atoms with E-state index in [2.05, 4.69) is 43.9 Å². The second-order valence-electron chi connectivity index (χ2n) is 13.0. The molecule has 2 N–H and O–H groups in total. The van der Waals surface area contributed by atoms with Crippen LogP contribution < -0.4 is 20.7 Å². The van der Waals surface area contributed by atoms with Crippen LogP contribution in [0.4, 0.5) is 0 Å². The van der Waals surface area contributed by atoms with Gasteiger partial charge in [0, 0.05) is 46.9 Å². The van der Waals surface area contributed by atoms with Crippen molar-refractivity contribution in [3.8, 4) is 0 Å². The molecule has 9 heteroatoms. The highest BCUT2D eigenvalue weighted by Gasteiger charge is 2.53. The fraction of sp³-hybridized carbons (Fsp3) is 0.333. The molecule has 0 amide bonds. The third-order valence-electron chi connectivity index (χ3n) is 7.77. The van der Waals surface area contributed by atoms with E-state index in [-0.39, 0.29) is 0 Å². The number of rotatable bonds is 14. The lowest BCUT2D eigenvalue weighted by Crippen LogP contribution is -2.75. The minimum Gasteiger partial charge on any atom is -0.404 e. The van der Waals surface area contributed by atoms with E-state index in [0.29, 0.717) is 26.2 Å². The number of benzene rings is 4. The summed E-state index contributed by atoms with van der Waals surface area (Å²) in [5.41, 5.74) is 3.93. The molecule has 7 nitrogen and oxygen atoms in total. The molecule has 0 radical (unpaired) electrons. The zero-order chi connectivity index (χ0) is 32.8. The first-order chi connectivity index (χ1) is 21.3. The van der Waals surface area contributed by atoms with Crippen molar-refractivity contribution in [2.75, 3.05) is 56.4 Å². The molecule has 0 spiro atoms. The fourth-order valence-corrected chi connectivity index (χ4v) is 13.8. The molecule has 45 heavy (non-hydrogen) atoms. The lowest BCUT2D eigenvalue weighted by Gasteiger charge is -2.39. The molecule has 240 valence electrons. The van der Waals surface area contributed by atoms with Gasteiger partial charge in [0.05, 0.1) is 0 Å². The predicted octanol–water partition coefficient (Wildman–Crippen LogP) is 1.75. The first kappa shape index (κ1) is 34.9. The van der Waals surface area contributed by atoms with Crippen molar-refractivity contribution in [1.82, 2.24) is 19.6 Å². The molecule has 0 fully saturated rings. The lowest BCUT2D eigenvalue weighted by atomic mass is 10.2. The van der Waals surface area contributed by atoms with Crippen molar-refractivity contribution in [2.45, 2.75) is 26.2 Å². The molecule has 0 atom stereocenters. The first-order valence-corrected chi connectivity index (χ1v) is 19.1. The average Bonchev–Trinajstić information content (AvgIpc) is 2.97.